The van der Waals surface area contributed by atoms with Crippen molar-refractivity contribution >= 4 is 20.8 Å². The van der Waals surface area contributed by atoms with Gasteiger partial charge in [0.25, 0.3) is 0 Å². The first-order valence-corrected chi connectivity index (χ1v) is 8.90. The van der Waals surface area contributed by atoms with Gasteiger partial charge in [-0.2, -0.15) is 4.31 Å². The van der Waals surface area contributed by atoms with E-state index in [0.717, 1.165) is 30.0 Å². The minimum Gasteiger partial charge on any atom is -0.264 e. The average molecular weight is 304 g/mol. The zero-order chi connectivity index (χ0) is 14.9. The van der Waals surface area contributed by atoms with Crippen molar-refractivity contribution in [3.8, 4) is 0 Å². The number of sulfonamides is 1. The molecule has 112 valence electrons. The zero-order valence-electron chi connectivity index (χ0n) is 12.2. The fourth-order valence-electron chi connectivity index (χ4n) is 3.01. The van der Waals surface area contributed by atoms with Gasteiger partial charge in [-0.3, -0.25) is 4.98 Å². The Hall–Kier alpha value is -1.46. The van der Waals surface area contributed by atoms with Crippen LogP contribution in [0.2, 0.25) is 0 Å². The van der Waals surface area contributed by atoms with E-state index in [0.29, 0.717) is 23.9 Å². The summed E-state index contributed by atoms with van der Waals surface area (Å²) in [6.45, 7) is 3.43. The molecule has 2 heterocycles. The summed E-state index contributed by atoms with van der Waals surface area (Å²) < 4.78 is 27.4. The molecule has 0 unspecified atom stereocenters. The van der Waals surface area contributed by atoms with Gasteiger partial charge in [-0.05, 0) is 30.9 Å². The Morgan fingerprint density at radius 1 is 1.24 bits per heavy atom. The molecule has 3 rings (SSSR count). The van der Waals surface area contributed by atoms with Crippen LogP contribution in [-0.2, 0) is 10.0 Å². The fourth-order valence-corrected chi connectivity index (χ4v) is 4.70. The van der Waals surface area contributed by atoms with Crippen LogP contribution in [-0.4, -0.2) is 30.8 Å². The van der Waals surface area contributed by atoms with Gasteiger partial charge in [-0.1, -0.05) is 25.5 Å². The zero-order valence-corrected chi connectivity index (χ0v) is 13.0. The van der Waals surface area contributed by atoms with Crippen molar-refractivity contribution in [3.05, 3.63) is 36.7 Å². The summed E-state index contributed by atoms with van der Waals surface area (Å²) in [6, 6.07) is 7.16. The van der Waals surface area contributed by atoms with Gasteiger partial charge >= 0.3 is 0 Å². The Morgan fingerprint density at radius 3 is 2.71 bits per heavy atom. The predicted octanol–water partition coefficient (Wildman–Crippen LogP) is 3.05. The number of hydrogen-bond acceptors (Lipinski definition) is 3. The number of pyridine rings is 1. The van der Waals surface area contributed by atoms with Crippen LogP contribution in [0.15, 0.2) is 41.6 Å². The van der Waals surface area contributed by atoms with Gasteiger partial charge in [0.1, 0.15) is 0 Å². The molecule has 1 fully saturated rings. The van der Waals surface area contributed by atoms with Crippen molar-refractivity contribution in [2.75, 3.05) is 13.1 Å². The molecule has 0 spiro atoms. The molecule has 0 aliphatic carbocycles. The Balaban J connectivity index is 1.98. The number of benzene rings is 1. The Labute approximate surface area is 125 Å². The fraction of sp³-hybridized carbons (Fsp3) is 0.438. The van der Waals surface area contributed by atoms with E-state index in [4.69, 9.17) is 0 Å². The molecule has 1 aliphatic rings. The lowest BCUT2D eigenvalue weighted by molar-refractivity contribution is 0.269. The summed E-state index contributed by atoms with van der Waals surface area (Å²) in [5.41, 5.74) is 0. The van der Waals surface area contributed by atoms with E-state index >= 15 is 0 Å². The second-order valence-corrected chi connectivity index (χ2v) is 7.52. The first kappa shape index (κ1) is 14.5. The average Bonchev–Trinajstić information content (AvgIpc) is 2.54. The SMILES string of the molecule is CCC1CCN(S(=O)(=O)c2cccc3cnccc23)CC1. The van der Waals surface area contributed by atoms with Gasteiger partial charge in [-0.25, -0.2) is 8.42 Å². The highest BCUT2D eigenvalue weighted by Gasteiger charge is 2.29. The third-order valence-corrected chi connectivity index (χ3v) is 6.37. The number of rotatable bonds is 3. The summed E-state index contributed by atoms with van der Waals surface area (Å²) in [5.74, 6) is 0.660. The second kappa shape index (κ2) is 5.73. The molecular weight excluding hydrogens is 284 g/mol. The van der Waals surface area contributed by atoms with Crippen molar-refractivity contribution in [2.24, 2.45) is 5.92 Å². The highest BCUT2D eigenvalue weighted by molar-refractivity contribution is 7.89. The second-order valence-electron chi connectivity index (χ2n) is 5.61. The lowest BCUT2D eigenvalue weighted by Gasteiger charge is -2.30. The standard InChI is InChI=1S/C16H20N2O2S/c1-2-13-7-10-18(11-8-13)21(19,20)16-5-3-4-14-12-17-9-6-15(14)16/h3-6,9,12-13H,2,7-8,10-11H2,1H3. The topological polar surface area (TPSA) is 50.3 Å². The molecule has 2 aromatic rings. The van der Waals surface area contributed by atoms with Gasteiger partial charge in [0.05, 0.1) is 4.90 Å². The van der Waals surface area contributed by atoms with Gasteiger partial charge in [0.2, 0.25) is 10.0 Å². The van der Waals surface area contributed by atoms with Gasteiger partial charge in [0, 0.05) is 36.3 Å². The summed E-state index contributed by atoms with van der Waals surface area (Å²) in [5, 5.41) is 1.62. The largest absolute Gasteiger partial charge is 0.264 e. The molecule has 1 saturated heterocycles. The van der Waals surface area contributed by atoms with Crippen LogP contribution in [0.5, 0.6) is 0 Å². The van der Waals surface area contributed by atoms with E-state index in [1.807, 2.05) is 6.07 Å². The van der Waals surface area contributed by atoms with Gasteiger partial charge in [-0.15, -0.1) is 0 Å². The molecule has 0 atom stereocenters. The first-order chi connectivity index (χ1) is 10.1. The van der Waals surface area contributed by atoms with Crippen molar-refractivity contribution < 1.29 is 8.42 Å². The maximum Gasteiger partial charge on any atom is 0.243 e. The predicted molar refractivity (Wildman–Crippen MR) is 83.5 cm³/mol. The summed E-state index contributed by atoms with van der Waals surface area (Å²) in [7, 11) is -3.41. The summed E-state index contributed by atoms with van der Waals surface area (Å²) >= 11 is 0. The van der Waals surface area contributed by atoms with Crippen LogP contribution >= 0.6 is 0 Å². The van der Waals surface area contributed by atoms with Crippen molar-refractivity contribution in [3.63, 3.8) is 0 Å². The van der Waals surface area contributed by atoms with Gasteiger partial charge in [0.15, 0.2) is 0 Å². The summed E-state index contributed by atoms with van der Waals surface area (Å²) in [6.07, 6.45) is 6.40. The molecule has 1 aromatic heterocycles. The number of nitrogens with zero attached hydrogens (tertiary/aromatic N) is 2. The van der Waals surface area contributed by atoms with Crippen LogP contribution in [0, 0.1) is 5.92 Å². The number of aromatic nitrogens is 1. The summed E-state index contributed by atoms with van der Waals surface area (Å²) in [4.78, 5) is 4.46. The molecule has 0 saturated carbocycles. The lowest BCUT2D eigenvalue weighted by atomic mass is 9.96. The van der Waals surface area contributed by atoms with E-state index < -0.39 is 10.0 Å². The van der Waals surface area contributed by atoms with E-state index in [1.165, 1.54) is 0 Å². The van der Waals surface area contributed by atoms with Gasteiger partial charge < -0.3 is 0 Å². The molecule has 1 aromatic carbocycles. The smallest absolute Gasteiger partial charge is 0.243 e. The quantitative estimate of drug-likeness (QED) is 0.875. The molecule has 0 radical (unpaired) electrons. The number of piperidine rings is 1. The van der Waals surface area contributed by atoms with E-state index in [-0.39, 0.29) is 0 Å². The molecular formula is C16H20N2O2S. The highest BCUT2D eigenvalue weighted by atomic mass is 32.2. The normalized spacial score (nSPS) is 18.1. The minimum absolute atomic E-state index is 0.400. The molecule has 5 heteroatoms. The van der Waals surface area contributed by atoms with Crippen molar-refractivity contribution in [1.29, 1.82) is 0 Å². The molecule has 0 N–H and O–H groups in total. The Bertz CT molecular complexity index is 730. The van der Waals surface area contributed by atoms with Crippen LogP contribution < -0.4 is 0 Å². The lowest BCUT2D eigenvalue weighted by Crippen LogP contribution is -2.38. The monoisotopic (exact) mass is 304 g/mol. The highest BCUT2D eigenvalue weighted by Crippen LogP contribution is 2.29. The van der Waals surface area contributed by atoms with Crippen LogP contribution in [0.1, 0.15) is 26.2 Å². The van der Waals surface area contributed by atoms with Crippen LogP contribution in [0.25, 0.3) is 10.8 Å². The molecule has 0 bridgehead atoms. The third-order valence-electron chi connectivity index (χ3n) is 4.41. The first-order valence-electron chi connectivity index (χ1n) is 7.46. The maximum atomic E-state index is 12.9. The van der Waals surface area contributed by atoms with E-state index in [2.05, 4.69) is 11.9 Å². The van der Waals surface area contributed by atoms with E-state index in [1.54, 1.807) is 34.9 Å². The van der Waals surface area contributed by atoms with Crippen LogP contribution in [0.3, 0.4) is 0 Å². The minimum atomic E-state index is -3.41. The molecule has 1 aliphatic heterocycles. The Morgan fingerprint density at radius 2 is 2.00 bits per heavy atom. The maximum absolute atomic E-state index is 12.9. The van der Waals surface area contributed by atoms with Crippen molar-refractivity contribution in [2.45, 2.75) is 31.1 Å². The number of hydrogen-bond donors (Lipinski definition) is 0. The molecule has 4 nitrogen and oxygen atoms in total. The van der Waals surface area contributed by atoms with Crippen molar-refractivity contribution in [1.82, 2.24) is 9.29 Å². The third kappa shape index (κ3) is 2.68. The number of fused-ring (bicyclic) bond motifs is 1. The Kier molecular flexibility index (Phi) is 3.95. The van der Waals surface area contributed by atoms with E-state index in [9.17, 15) is 8.42 Å². The molecule has 21 heavy (non-hydrogen) atoms. The van der Waals surface area contributed by atoms with Crippen LogP contribution in [0.4, 0.5) is 0 Å². The molecule has 0 amide bonds.